The summed E-state index contributed by atoms with van der Waals surface area (Å²) in [6.07, 6.45) is 2.86. The van der Waals surface area contributed by atoms with E-state index in [1.54, 1.807) is 17.0 Å². The van der Waals surface area contributed by atoms with E-state index >= 15 is 0 Å². The molecule has 0 saturated carbocycles. The molecule has 3 rings (SSSR count). The van der Waals surface area contributed by atoms with E-state index in [9.17, 15) is 18.0 Å². The Bertz CT molecular complexity index is 779. The quantitative estimate of drug-likeness (QED) is 0.739. The molecule has 26 heavy (non-hydrogen) atoms. The monoisotopic (exact) mass is 380 g/mol. The maximum Gasteiger partial charge on any atom is 0.308 e. The predicted molar refractivity (Wildman–Crippen MR) is 95.1 cm³/mol. The molecule has 2 aliphatic rings. The molecule has 0 N–H and O–H groups in total. The molecule has 1 aromatic carbocycles. The highest BCUT2D eigenvalue weighted by molar-refractivity contribution is 7.89. The SMILES string of the molecule is COC(=O)C1CCN(C(=O)c2cccc(S(=O)(=O)N3CCCC3)c2)CC1. The molecule has 1 aromatic rings. The van der Waals surface area contributed by atoms with Crippen LogP contribution in [0.25, 0.3) is 0 Å². The Labute approximate surface area is 154 Å². The van der Waals surface area contributed by atoms with Gasteiger partial charge in [0.25, 0.3) is 5.91 Å². The third-order valence-electron chi connectivity index (χ3n) is 5.10. The molecule has 0 aromatic heterocycles. The lowest BCUT2D eigenvalue weighted by molar-refractivity contribution is -0.146. The number of sulfonamides is 1. The first kappa shape index (κ1) is 18.8. The van der Waals surface area contributed by atoms with E-state index in [1.807, 2.05) is 0 Å². The third-order valence-corrected chi connectivity index (χ3v) is 7.00. The van der Waals surface area contributed by atoms with Gasteiger partial charge in [0.15, 0.2) is 0 Å². The molecule has 7 nitrogen and oxygen atoms in total. The first-order chi connectivity index (χ1) is 12.4. The number of piperidine rings is 1. The van der Waals surface area contributed by atoms with Gasteiger partial charge in [-0.3, -0.25) is 9.59 Å². The molecule has 1 amide bonds. The number of carbonyl (C=O) groups is 2. The molecule has 8 heteroatoms. The van der Waals surface area contributed by atoms with Crippen LogP contribution in [-0.4, -0.2) is 62.8 Å². The Hall–Kier alpha value is -1.93. The van der Waals surface area contributed by atoms with Crippen LogP contribution in [0.5, 0.6) is 0 Å². The van der Waals surface area contributed by atoms with Gasteiger partial charge in [0.1, 0.15) is 0 Å². The second-order valence-electron chi connectivity index (χ2n) is 6.73. The van der Waals surface area contributed by atoms with Crippen molar-refractivity contribution >= 4 is 21.9 Å². The minimum atomic E-state index is -3.55. The lowest BCUT2D eigenvalue weighted by atomic mass is 9.96. The average Bonchev–Trinajstić information content (AvgIpc) is 3.23. The summed E-state index contributed by atoms with van der Waals surface area (Å²) in [5.41, 5.74) is 0.363. The van der Waals surface area contributed by atoms with Crippen molar-refractivity contribution < 1.29 is 22.7 Å². The van der Waals surface area contributed by atoms with Crippen molar-refractivity contribution in [2.24, 2.45) is 5.92 Å². The number of rotatable bonds is 4. The largest absolute Gasteiger partial charge is 0.469 e. The Morgan fingerprint density at radius 1 is 1.08 bits per heavy atom. The Morgan fingerprint density at radius 3 is 2.35 bits per heavy atom. The van der Waals surface area contributed by atoms with Gasteiger partial charge in [-0.05, 0) is 43.9 Å². The van der Waals surface area contributed by atoms with Crippen molar-refractivity contribution in [3.8, 4) is 0 Å². The van der Waals surface area contributed by atoms with Gasteiger partial charge in [0.05, 0.1) is 17.9 Å². The Morgan fingerprint density at radius 2 is 1.73 bits per heavy atom. The van der Waals surface area contributed by atoms with Gasteiger partial charge < -0.3 is 9.64 Å². The molecule has 2 fully saturated rings. The van der Waals surface area contributed by atoms with E-state index in [1.165, 1.54) is 23.5 Å². The molecule has 0 aliphatic carbocycles. The summed E-state index contributed by atoms with van der Waals surface area (Å²) in [5.74, 6) is -0.617. The second-order valence-corrected chi connectivity index (χ2v) is 8.67. The number of hydrogen-bond donors (Lipinski definition) is 0. The maximum absolute atomic E-state index is 12.7. The lowest BCUT2D eigenvalue weighted by Crippen LogP contribution is -2.40. The average molecular weight is 380 g/mol. The molecule has 0 spiro atoms. The topological polar surface area (TPSA) is 84.0 Å². The fourth-order valence-electron chi connectivity index (χ4n) is 3.53. The second kappa shape index (κ2) is 7.75. The van der Waals surface area contributed by atoms with Gasteiger partial charge in [0, 0.05) is 31.7 Å². The molecule has 2 aliphatic heterocycles. The van der Waals surface area contributed by atoms with Crippen molar-refractivity contribution in [3.05, 3.63) is 29.8 Å². The molecule has 2 heterocycles. The number of benzene rings is 1. The lowest BCUT2D eigenvalue weighted by Gasteiger charge is -2.30. The van der Waals surface area contributed by atoms with Crippen LogP contribution in [0, 0.1) is 5.92 Å². The van der Waals surface area contributed by atoms with Gasteiger partial charge in [-0.2, -0.15) is 4.31 Å². The number of carbonyl (C=O) groups excluding carboxylic acids is 2. The van der Waals surface area contributed by atoms with Crippen LogP contribution in [0.3, 0.4) is 0 Å². The number of esters is 1. The van der Waals surface area contributed by atoms with Crippen molar-refractivity contribution in [1.82, 2.24) is 9.21 Å². The number of methoxy groups -OCH3 is 1. The number of likely N-dealkylation sites (tertiary alicyclic amines) is 1. The fraction of sp³-hybridized carbons (Fsp3) is 0.556. The zero-order valence-corrected chi connectivity index (χ0v) is 15.7. The highest BCUT2D eigenvalue weighted by atomic mass is 32.2. The summed E-state index contributed by atoms with van der Waals surface area (Å²) in [5, 5.41) is 0. The number of amides is 1. The number of nitrogens with zero attached hydrogens (tertiary/aromatic N) is 2. The molecular weight excluding hydrogens is 356 g/mol. The highest BCUT2D eigenvalue weighted by Gasteiger charge is 2.30. The van der Waals surface area contributed by atoms with Crippen LogP contribution >= 0.6 is 0 Å². The van der Waals surface area contributed by atoms with Crippen molar-refractivity contribution in [2.45, 2.75) is 30.6 Å². The molecule has 0 unspecified atom stereocenters. The predicted octanol–water partition coefficient (Wildman–Crippen LogP) is 1.50. The zero-order chi connectivity index (χ0) is 18.7. The van der Waals surface area contributed by atoms with Gasteiger partial charge >= 0.3 is 5.97 Å². The summed E-state index contributed by atoms with van der Waals surface area (Å²) in [7, 11) is -2.18. The number of hydrogen-bond acceptors (Lipinski definition) is 5. The van der Waals surface area contributed by atoms with Crippen molar-refractivity contribution in [3.63, 3.8) is 0 Å². The molecule has 0 bridgehead atoms. The van der Waals surface area contributed by atoms with Crippen LogP contribution in [0.15, 0.2) is 29.2 Å². The summed E-state index contributed by atoms with van der Waals surface area (Å²) < 4.78 is 31.6. The molecule has 2 saturated heterocycles. The van der Waals surface area contributed by atoms with E-state index in [2.05, 4.69) is 0 Å². The van der Waals surface area contributed by atoms with Gasteiger partial charge in [-0.15, -0.1) is 0 Å². The van der Waals surface area contributed by atoms with E-state index in [0.717, 1.165) is 12.8 Å². The van der Waals surface area contributed by atoms with E-state index in [4.69, 9.17) is 4.74 Å². The molecule has 0 atom stereocenters. The minimum absolute atomic E-state index is 0.162. The van der Waals surface area contributed by atoms with Crippen molar-refractivity contribution in [2.75, 3.05) is 33.3 Å². The first-order valence-corrected chi connectivity index (χ1v) is 10.3. The summed E-state index contributed by atoms with van der Waals surface area (Å²) in [6.45, 7) is 1.98. The van der Waals surface area contributed by atoms with E-state index < -0.39 is 10.0 Å². The first-order valence-electron chi connectivity index (χ1n) is 8.91. The smallest absolute Gasteiger partial charge is 0.308 e. The summed E-state index contributed by atoms with van der Waals surface area (Å²) >= 11 is 0. The van der Waals surface area contributed by atoms with Crippen LogP contribution in [0.2, 0.25) is 0 Å². The minimum Gasteiger partial charge on any atom is -0.469 e. The summed E-state index contributed by atoms with van der Waals surface area (Å²) in [4.78, 5) is 26.2. The standard InChI is InChI=1S/C18H24N2O5S/c1-25-18(22)14-7-11-19(12-8-14)17(21)15-5-4-6-16(13-15)26(23,24)20-9-2-3-10-20/h4-6,13-14H,2-3,7-12H2,1H3. The fourth-order valence-corrected chi connectivity index (χ4v) is 5.10. The number of ether oxygens (including phenoxy) is 1. The maximum atomic E-state index is 12.7. The van der Waals surface area contributed by atoms with Crippen LogP contribution < -0.4 is 0 Å². The van der Waals surface area contributed by atoms with Crippen molar-refractivity contribution in [1.29, 1.82) is 0 Å². The van der Waals surface area contributed by atoms with Gasteiger partial charge in [-0.25, -0.2) is 8.42 Å². The zero-order valence-electron chi connectivity index (χ0n) is 14.9. The summed E-state index contributed by atoms with van der Waals surface area (Å²) in [6, 6.07) is 6.24. The third kappa shape index (κ3) is 3.76. The van der Waals surface area contributed by atoms with Gasteiger partial charge in [0.2, 0.25) is 10.0 Å². The van der Waals surface area contributed by atoms with Gasteiger partial charge in [-0.1, -0.05) is 6.07 Å². The van der Waals surface area contributed by atoms with Crippen LogP contribution in [0.1, 0.15) is 36.0 Å². The van der Waals surface area contributed by atoms with E-state index in [-0.39, 0.29) is 22.7 Å². The normalized spacial score (nSPS) is 19.5. The van der Waals surface area contributed by atoms with Crippen LogP contribution in [-0.2, 0) is 19.6 Å². The van der Waals surface area contributed by atoms with Crippen LogP contribution in [0.4, 0.5) is 0 Å². The van der Waals surface area contributed by atoms with E-state index in [0.29, 0.717) is 44.6 Å². The molecule has 142 valence electrons. The Kier molecular flexibility index (Phi) is 5.62. The Balaban J connectivity index is 1.72. The highest BCUT2D eigenvalue weighted by Crippen LogP contribution is 2.24. The molecule has 0 radical (unpaired) electrons. The molecular formula is C18H24N2O5S.